The minimum Gasteiger partial charge on any atom is -0.338 e. The molecule has 3 heterocycles. The van der Waals surface area contributed by atoms with Crippen LogP contribution in [0.3, 0.4) is 0 Å². The fourth-order valence-corrected chi connectivity index (χ4v) is 4.61. The molecule has 2 aliphatic heterocycles. The maximum absolute atomic E-state index is 14.5. The van der Waals surface area contributed by atoms with E-state index in [1.165, 1.54) is 10.9 Å². The molecule has 3 aliphatic rings. The van der Waals surface area contributed by atoms with E-state index < -0.39 is 17.8 Å². The fourth-order valence-electron chi connectivity index (χ4n) is 4.61. The Kier molecular flexibility index (Phi) is 4.49. The molecule has 1 aliphatic carbocycles. The van der Waals surface area contributed by atoms with E-state index in [1.807, 2.05) is 36.4 Å². The summed E-state index contributed by atoms with van der Waals surface area (Å²) in [6.07, 6.45) is 7.49. The Morgan fingerprint density at radius 1 is 1.27 bits per heavy atom. The van der Waals surface area contributed by atoms with Crippen molar-refractivity contribution in [1.29, 1.82) is 0 Å². The number of dihydropyridines is 1. The topological polar surface area (TPSA) is 79.6 Å². The summed E-state index contributed by atoms with van der Waals surface area (Å²) in [4.78, 5) is 31.9. The van der Waals surface area contributed by atoms with Crippen LogP contribution in [0.15, 0.2) is 53.7 Å². The lowest BCUT2D eigenvalue weighted by Gasteiger charge is -2.31. The summed E-state index contributed by atoms with van der Waals surface area (Å²) in [7, 11) is 1.70. The lowest BCUT2D eigenvalue weighted by molar-refractivity contribution is -0.134. The van der Waals surface area contributed by atoms with E-state index in [-0.39, 0.29) is 35.5 Å². The summed E-state index contributed by atoms with van der Waals surface area (Å²) in [5, 5.41) is 6.87. The van der Waals surface area contributed by atoms with Gasteiger partial charge < -0.3 is 10.2 Å². The molecular weight excluding hydrogens is 385 g/mol. The third-order valence-corrected chi connectivity index (χ3v) is 6.23. The van der Waals surface area contributed by atoms with E-state index in [1.54, 1.807) is 18.2 Å². The van der Waals surface area contributed by atoms with Crippen molar-refractivity contribution in [1.82, 2.24) is 20.0 Å². The van der Waals surface area contributed by atoms with E-state index in [9.17, 15) is 14.0 Å². The van der Waals surface area contributed by atoms with Gasteiger partial charge in [0.1, 0.15) is 12.2 Å². The molecule has 1 N–H and O–H groups in total. The van der Waals surface area contributed by atoms with E-state index in [4.69, 9.17) is 0 Å². The van der Waals surface area contributed by atoms with Crippen LogP contribution in [0.25, 0.3) is 0 Å². The van der Waals surface area contributed by atoms with Gasteiger partial charge in [-0.25, -0.2) is 4.39 Å². The highest BCUT2D eigenvalue weighted by Crippen LogP contribution is 2.52. The van der Waals surface area contributed by atoms with Crippen molar-refractivity contribution < 1.29 is 14.0 Å². The summed E-state index contributed by atoms with van der Waals surface area (Å²) in [5.41, 5.74) is 0.655. The number of fused-ring (bicyclic) bond motifs is 3. The summed E-state index contributed by atoms with van der Waals surface area (Å²) in [5.74, 6) is -1.10. The maximum atomic E-state index is 14.5. The highest BCUT2D eigenvalue weighted by molar-refractivity contribution is 5.96. The predicted octanol–water partition coefficient (Wildman–Crippen LogP) is 1.86. The van der Waals surface area contributed by atoms with Crippen LogP contribution in [0, 0.1) is 23.6 Å². The first-order valence-corrected chi connectivity index (χ1v) is 10.1. The largest absolute Gasteiger partial charge is 0.338 e. The van der Waals surface area contributed by atoms with Crippen molar-refractivity contribution in [2.45, 2.75) is 25.2 Å². The van der Waals surface area contributed by atoms with Gasteiger partial charge in [-0.15, -0.1) is 0 Å². The number of likely N-dealkylation sites (tertiary alicyclic amines) is 1. The number of carbonyl (C=O) groups excluding carboxylic acids is 2. The molecule has 154 valence electrons. The number of halogens is 1. The average Bonchev–Trinajstić information content (AvgIpc) is 3.47. The van der Waals surface area contributed by atoms with Gasteiger partial charge in [-0.1, -0.05) is 36.4 Å². The van der Waals surface area contributed by atoms with E-state index in [0.717, 1.165) is 12.0 Å². The van der Waals surface area contributed by atoms with E-state index in [2.05, 4.69) is 21.5 Å². The Labute approximate surface area is 173 Å². The van der Waals surface area contributed by atoms with Crippen molar-refractivity contribution >= 4 is 18.0 Å². The first-order valence-electron chi connectivity index (χ1n) is 10.1. The molecular formula is C22H22FN5O2. The van der Waals surface area contributed by atoms with Crippen molar-refractivity contribution in [3.63, 3.8) is 0 Å². The predicted molar refractivity (Wildman–Crippen MR) is 108 cm³/mol. The Bertz CT molecular complexity index is 1050. The SMILES string of the molecule is CN1C(=O)[C@H](NC(=O)c2nn(Cc3ccccc3)cc2F)[C@@H]2C[C@@H]2C2C=CC=NC21. The third kappa shape index (κ3) is 3.22. The van der Waals surface area contributed by atoms with Crippen LogP contribution in [0.1, 0.15) is 22.5 Å². The van der Waals surface area contributed by atoms with Crippen LogP contribution in [0.2, 0.25) is 0 Å². The van der Waals surface area contributed by atoms with Crippen molar-refractivity contribution in [2.24, 2.45) is 22.7 Å². The number of rotatable bonds is 4. The number of nitrogens with zero attached hydrogens (tertiary/aromatic N) is 4. The molecule has 30 heavy (non-hydrogen) atoms. The Morgan fingerprint density at radius 3 is 2.87 bits per heavy atom. The maximum Gasteiger partial charge on any atom is 0.275 e. The second-order valence-electron chi connectivity index (χ2n) is 8.15. The number of carbonyl (C=O) groups is 2. The van der Waals surface area contributed by atoms with Crippen molar-refractivity contribution in [3.05, 3.63) is 65.8 Å². The highest BCUT2D eigenvalue weighted by atomic mass is 19.1. The molecule has 2 aromatic rings. The van der Waals surface area contributed by atoms with Gasteiger partial charge in [0.25, 0.3) is 5.91 Å². The number of nitrogens with one attached hydrogen (secondary N) is 1. The van der Waals surface area contributed by atoms with Crippen LogP contribution >= 0.6 is 0 Å². The molecule has 1 saturated carbocycles. The quantitative estimate of drug-likeness (QED) is 0.840. The number of hydrogen-bond donors (Lipinski definition) is 1. The van der Waals surface area contributed by atoms with Gasteiger partial charge in [0.15, 0.2) is 11.5 Å². The second-order valence-corrected chi connectivity index (χ2v) is 8.15. The molecule has 0 spiro atoms. The van der Waals surface area contributed by atoms with Gasteiger partial charge in [0, 0.05) is 19.2 Å². The van der Waals surface area contributed by atoms with E-state index >= 15 is 0 Å². The number of benzene rings is 1. The van der Waals surface area contributed by atoms with Gasteiger partial charge in [-0.3, -0.25) is 19.3 Å². The van der Waals surface area contributed by atoms with Gasteiger partial charge in [0.2, 0.25) is 5.91 Å². The van der Waals surface area contributed by atoms with Gasteiger partial charge >= 0.3 is 0 Å². The minimum atomic E-state index is -0.702. The first-order chi connectivity index (χ1) is 14.5. The fraction of sp³-hybridized carbons (Fsp3) is 0.364. The van der Waals surface area contributed by atoms with Gasteiger partial charge in [0.05, 0.1) is 12.7 Å². The molecule has 5 atom stereocenters. The molecule has 2 amide bonds. The number of likely N-dealkylation sites (N-methyl/N-ethyl adjacent to an activating group) is 1. The van der Waals surface area contributed by atoms with E-state index in [0.29, 0.717) is 6.54 Å². The Morgan fingerprint density at radius 2 is 2.07 bits per heavy atom. The zero-order valence-corrected chi connectivity index (χ0v) is 16.5. The number of hydrogen-bond acceptors (Lipinski definition) is 4. The molecule has 0 bridgehead atoms. The Balaban J connectivity index is 1.34. The minimum absolute atomic E-state index is 0.0336. The summed E-state index contributed by atoms with van der Waals surface area (Å²) < 4.78 is 15.9. The van der Waals surface area contributed by atoms with Crippen LogP contribution in [0.4, 0.5) is 4.39 Å². The molecule has 5 rings (SSSR count). The zero-order chi connectivity index (χ0) is 20.8. The molecule has 2 fully saturated rings. The molecule has 2 unspecified atom stereocenters. The van der Waals surface area contributed by atoms with Crippen LogP contribution in [-0.2, 0) is 11.3 Å². The molecule has 7 nitrogen and oxygen atoms in total. The number of aliphatic imine (C=N–C) groups is 1. The molecule has 0 radical (unpaired) electrons. The second kappa shape index (κ2) is 7.19. The van der Waals surface area contributed by atoms with Crippen LogP contribution < -0.4 is 5.32 Å². The Hall–Kier alpha value is -3.29. The van der Waals surface area contributed by atoms with Crippen LogP contribution in [-0.4, -0.2) is 52.0 Å². The number of amides is 2. The monoisotopic (exact) mass is 407 g/mol. The highest BCUT2D eigenvalue weighted by Gasteiger charge is 2.56. The van der Waals surface area contributed by atoms with Gasteiger partial charge in [-0.05, 0) is 29.9 Å². The standard InChI is InChI=1S/C22H22FN5O2/c1-27-20-14(8-5-9-24-20)15-10-16(15)18(22(27)30)25-21(29)19-17(23)12-28(26-19)11-13-6-3-2-4-7-13/h2-9,12,14-16,18,20H,10-11H2,1H3,(H,25,29)/t14?,15-,16-,18-,20?/m1/s1. The summed E-state index contributed by atoms with van der Waals surface area (Å²) in [6, 6.07) is 8.79. The molecule has 1 saturated heterocycles. The van der Waals surface area contributed by atoms with Crippen LogP contribution in [0.5, 0.6) is 0 Å². The number of allylic oxidation sites excluding steroid dienone is 1. The molecule has 8 heteroatoms. The van der Waals surface area contributed by atoms with Gasteiger partial charge in [-0.2, -0.15) is 5.10 Å². The summed E-state index contributed by atoms with van der Waals surface area (Å²) in [6.45, 7) is 0.356. The van der Waals surface area contributed by atoms with Crippen molar-refractivity contribution in [3.8, 4) is 0 Å². The molecule has 1 aromatic carbocycles. The summed E-state index contributed by atoms with van der Waals surface area (Å²) >= 11 is 0. The number of aromatic nitrogens is 2. The lowest BCUT2D eigenvalue weighted by Crippen LogP contribution is -2.50. The molecule has 1 aromatic heterocycles. The van der Waals surface area contributed by atoms with Crippen molar-refractivity contribution in [2.75, 3.05) is 7.05 Å². The smallest absolute Gasteiger partial charge is 0.275 e. The lowest BCUT2D eigenvalue weighted by atomic mass is 9.96. The average molecular weight is 407 g/mol. The zero-order valence-electron chi connectivity index (χ0n) is 16.5. The third-order valence-electron chi connectivity index (χ3n) is 6.23. The first kappa shape index (κ1) is 18.7. The normalized spacial score (nSPS) is 29.2.